The largest absolute Gasteiger partial charge is 0.481 e. The third kappa shape index (κ3) is 2.89. The lowest BCUT2D eigenvalue weighted by molar-refractivity contribution is -0.149. The Morgan fingerprint density at radius 2 is 2.08 bits per heavy atom. The Balaban J connectivity index is 1.45. The molecule has 1 aliphatic heterocycles. The van der Waals surface area contributed by atoms with E-state index in [-0.39, 0.29) is 18.2 Å². The van der Waals surface area contributed by atoms with E-state index in [2.05, 4.69) is 4.98 Å². The van der Waals surface area contributed by atoms with E-state index in [1.54, 1.807) is 17.4 Å². The van der Waals surface area contributed by atoms with Crippen molar-refractivity contribution in [2.75, 3.05) is 13.1 Å². The standard InChI is InChI=1S/C20H23N3O3/c24-18(22-12-16-7-4-8-20(16,13-22)19(25)26)9-17-10-21-14-23(17)11-15-5-2-1-3-6-15/h1-3,5-6,10,14,16H,4,7-9,11-13H2,(H,25,26)/t16-,20+/m0/s1. The van der Waals surface area contributed by atoms with E-state index in [1.807, 2.05) is 34.9 Å². The number of aliphatic carboxylic acids is 1. The molecule has 2 aromatic rings. The molecule has 1 amide bonds. The average Bonchev–Trinajstić information content (AvgIpc) is 3.30. The predicted molar refractivity (Wildman–Crippen MR) is 95.5 cm³/mol. The molecule has 4 rings (SSSR count). The van der Waals surface area contributed by atoms with Crippen molar-refractivity contribution < 1.29 is 14.7 Å². The van der Waals surface area contributed by atoms with Gasteiger partial charge in [0.15, 0.2) is 0 Å². The monoisotopic (exact) mass is 353 g/mol. The van der Waals surface area contributed by atoms with E-state index in [4.69, 9.17) is 0 Å². The molecule has 1 saturated carbocycles. The van der Waals surface area contributed by atoms with Crippen LogP contribution >= 0.6 is 0 Å². The van der Waals surface area contributed by atoms with Gasteiger partial charge in [0.2, 0.25) is 5.91 Å². The molecule has 2 atom stereocenters. The minimum atomic E-state index is -0.746. The van der Waals surface area contributed by atoms with Gasteiger partial charge in [0.1, 0.15) is 0 Å². The van der Waals surface area contributed by atoms with Gasteiger partial charge in [-0.2, -0.15) is 0 Å². The zero-order chi connectivity index (χ0) is 18.1. The summed E-state index contributed by atoms with van der Waals surface area (Å²) in [5.74, 6) is -0.655. The van der Waals surface area contributed by atoms with E-state index < -0.39 is 11.4 Å². The number of carboxylic acid groups (broad SMARTS) is 1. The van der Waals surface area contributed by atoms with Crippen molar-refractivity contribution in [2.24, 2.45) is 11.3 Å². The highest BCUT2D eigenvalue weighted by Gasteiger charge is 2.55. The topological polar surface area (TPSA) is 75.4 Å². The van der Waals surface area contributed by atoms with Gasteiger partial charge in [0, 0.05) is 31.5 Å². The molecular formula is C20H23N3O3. The fraction of sp³-hybridized carbons (Fsp3) is 0.450. The van der Waals surface area contributed by atoms with Crippen molar-refractivity contribution in [2.45, 2.75) is 32.2 Å². The molecule has 1 saturated heterocycles. The summed E-state index contributed by atoms with van der Waals surface area (Å²) in [6.07, 6.45) is 6.26. The molecule has 1 aromatic heterocycles. The third-order valence-corrected chi connectivity index (χ3v) is 5.98. The molecule has 0 unspecified atom stereocenters. The van der Waals surface area contributed by atoms with Crippen molar-refractivity contribution in [1.29, 1.82) is 0 Å². The molecule has 2 aliphatic rings. The van der Waals surface area contributed by atoms with Gasteiger partial charge in [-0.05, 0) is 24.3 Å². The smallest absolute Gasteiger partial charge is 0.311 e. The first kappa shape index (κ1) is 16.8. The lowest BCUT2D eigenvalue weighted by Crippen LogP contribution is -2.37. The zero-order valence-corrected chi connectivity index (χ0v) is 14.7. The van der Waals surface area contributed by atoms with Crippen molar-refractivity contribution >= 4 is 11.9 Å². The van der Waals surface area contributed by atoms with Crippen LogP contribution < -0.4 is 0 Å². The van der Waals surface area contributed by atoms with E-state index >= 15 is 0 Å². The highest BCUT2D eigenvalue weighted by atomic mass is 16.4. The summed E-state index contributed by atoms with van der Waals surface area (Å²) < 4.78 is 1.98. The number of rotatable bonds is 5. The molecule has 0 spiro atoms. The van der Waals surface area contributed by atoms with E-state index in [9.17, 15) is 14.7 Å². The van der Waals surface area contributed by atoms with Gasteiger partial charge in [-0.25, -0.2) is 4.98 Å². The summed E-state index contributed by atoms with van der Waals surface area (Å²) in [4.78, 5) is 30.5. The fourth-order valence-electron chi connectivity index (χ4n) is 4.51. The normalized spacial score (nSPS) is 24.6. The number of imidazole rings is 1. The van der Waals surface area contributed by atoms with Gasteiger partial charge in [-0.15, -0.1) is 0 Å². The van der Waals surface area contributed by atoms with Gasteiger partial charge < -0.3 is 14.6 Å². The first-order valence-electron chi connectivity index (χ1n) is 9.12. The summed E-state index contributed by atoms with van der Waals surface area (Å²) in [6, 6.07) is 10.1. The summed E-state index contributed by atoms with van der Waals surface area (Å²) in [5.41, 5.74) is 1.29. The Morgan fingerprint density at radius 3 is 2.81 bits per heavy atom. The maximum atomic E-state index is 12.8. The number of benzene rings is 1. The number of carbonyl (C=O) groups excluding carboxylic acids is 1. The molecule has 1 aromatic carbocycles. The molecule has 1 N–H and O–H groups in total. The van der Waals surface area contributed by atoms with Crippen LogP contribution in [0.3, 0.4) is 0 Å². The predicted octanol–water partition coefficient (Wildman–Crippen LogP) is 2.19. The van der Waals surface area contributed by atoms with Crippen molar-refractivity contribution in [3.05, 3.63) is 54.1 Å². The van der Waals surface area contributed by atoms with Crippen molar-refractivity contribution in [3.63, 3.8) is 0 Å². The lowest BCUT2D eigenvalue weighted by atomic mass is 9.81. The molecule has 0 radical (unpaired) electrons. The molecule has 1 aliphatic carbocycles. The summed E-state index contributed by atoms with van der Waals surface area (Å²) >= 11 is 0. The molecule has 6 nitrogen and oxygen atoms in total. The first-order valence-corrected chi connectivity index (χ1v) is 9.12. The molecule has 26 heavy (non-hydrogen) atoms. The minimum Gasteiger partial charge on any atom is -0.481 e. The number of carbonyl (C=O) groups is 2. The summed E-state index contributed by atoms with van der Waals surface area (Å²) in [7, 11) is 0. The Bertz CT molecular complexity index is 817. The Labute approximate surface area is 152 Å². The van der Waals surface area contributed by atoms with Crippen LogP contribution in [0.2, 0.25) is 0 Å². The molecule has 6 heteroatoms. The van der Waals surface area contributed by atoms with Crippen LogP contribution in [0.4, 0.5) is 0 Å². The maximum Gasteiger partial charge on any atom is 0.311 e. The van der Waals surface area contributed by atoms with E-state index in [1.165, 1.54) is 0 Å². The van der Waals surface area contributed by atoms with Gasteiger partial charge in [-0.3, -0.25) is 9.59 Å². The lowest BCUT2D eigenvalue weighted by Gasteiger charge is -2.23. The number of fused-ring (bicyclic) bond motifs is 1. The number of hydrogen-bond donors (Lipinski definition) is 1. The molecule has 136 valence electrons. The van der Waals surface area contributed by atoms with Gasteiger partial charge in [0.05, 0.1) is 18.2 Å². The third-order valence-electron chi connectivity index (χ3n) is 5.98. The second-order valence-electron chi connectivity index (χ2n) is 7.50. The number of nitrogens with zero attached hydrogens (tertiary/aromatic N) is 3. The quantitative estimate of drug-likeness (QED) is 0.894. The number of carboxylic acids is 1. The fourth-order valence-corrected chi connectivity index (χ4v) is 4.51. The van der Waals surface area contributed by atoms with Crippen LogP contribution in [0.25, 0.3) is 0 Å². The van der Waals surface area contributed by atoms with Crippen molar-refractivity contribution in [1.82, 2.24) is 14.5 Å². The maximum absolute atomic E-state index is 12.8. The number of aromatic nitrogens is 2. The second kappa shape index (κ2) is 6.59. The highest BCUT2D eigenvalue weighted by molar-refractivity contribution is 5.82. The van der Waals surface area contributed by atoms with Crippen LogP contribution in [0.5, 0.6) is 0 Å². The summed E-state index contributed by atoms with van der Waals surface area (Å²) in [5, 5.41) is 9.69. The van der Waals surface area contributed by atoms with Crippen LogP contribution in [-0.4, -0.2) is 44.5 Å². The van der Waals surface area contributed by atoms with E-state index in [0.29, 0.717) is 26.1 Å². The van der Waals surface area contributed by atoms with Crippen molar-refractivity contribution in [3.8, 4) is 0 Å². The van der Waals surface area contributed by atoms with Crippen LogP contribution in [-0.2, 0) is 22.6 Å². The Hall–Kier alpha value is -2.63. The van der Waals surface area contributed by atoms with Crippen LogP contribution in [0.15, 0.2) is 42.9 Å². The number of hydrogen-bond acceptors (Lipinski definition) is 3. The van der Waals surface area contributed by atoms with Crippen LogP contribution in [0, 0.1) is 11.3 Å². The number of amides is 1. The van der Waals surface area contributed by atoms with Gasteiger partial charge in [0.25, 0.3) is 0 Å². The zero-order valence-electron chi connectivity index (χ0n) is 14.7. The van der Waals surface area contributed by atoms with E-state index in [0.717, 1.165) is 24.1 Å². The minimum absolute atomic E-state index is 0.00478. The Morgan fingerprint density at radius 1 is 1.27 bits per heavy atom. The van der Waals surface area contributed by atoms with Crippen LogP contribution in [0.1, 0.15) is 30.5 Å². The molecule has 2 heterocycles. The number of likely N-dealkylation sites (tertiary alicyclic amines) is 1. The second-order valence-corrected chi connectivity index (χ2v) is 7.50. The van der Waals surface area contributed by atoms with Gasteiger partial charge in [-0.1, -0.05) is 36.8 Å². The SMILES string of the molecule is O=C(Cc1cncn1Cc1ccccc1)N1C[C@@H]2CCC[C@@]2(C(=O)O)C1. The first-order chi connectivity index (χ1) is 12.6. The Kier molecular flexibility index (Phi) is 4.26. The average molecular weight is 353 g/mol. The highest BCUT2D eigenvalue weighted by Crippen LogP contribution is 2.48. The molecular weight excluding hydrogens is 330 g/mol. The summed E-state index contributed by atoms with van der Waals surface area (Å²) in [6.45, 7) is 1.59. The molecule has 0 bridgehead atoms. The molecule has 2 fully saturated rings. The van der Waals surface area contributed by atoms with Gasteiger partial charge >= 0.3 is 5.97 Å².